The van der Waals surface area contributed by atoms with Crippen molar-refractivity contribution in [3.63, 3.8) is 0 Å². The number of rotatable bonds is 8. The molecule has 154 valence electrons. The highest BCUT2D eigenvalue weighted by atomic mass is 32.2. The zero-order valence-electron chi connectivity index (χ0n) is 17.3. The van der Waals surface area contributed by atoms with Crippen LogP contribution < -0.4 is 10.6 Å². The smallest absolute Gasteiger partial charge is 0.191 e. The summed E-state index contributed by atoms with van der Waals surface area (Å²) in [5, 5.41) is 7.01. The van der Waals surface area contributed by atoms with Crippen molar-refractivity contribution in [1.29, 1.82) is 0 Å². The van der Waals surface area contributed by atoms with Gasteiger partial charge in [-0.1, -0.05) is 19.1 Å². The van der Waals surface area contributed by atoms with E-state index in [0.29, 0.717) is 0 Å². The van der Waals surface area contributed by atoms with Crippen molar-refractivity contribution < 1.29 is 4.74 Å². The average Bonchev–Trinajstić information content (AvgIpc) is 3.03. The molecule has 0 bridgehead atoms. The third kappa shape index (κ3) is 5.20. The minimum atomic E-state index is 0.261. The molecule has 0 atom stereocenters. The zero-order valence-corrected chi connectivity index (χ0v) is 18.1. The lowest BCUT2D eigenvalue weighted by molar-refractivity contribution is 0.0782. The van der Waals surface area contributed by atoms with Crippen molar-refractivity contribution in [1.82, 2.24) is 20.2 Å². The van der Waals surface area contributed by atoms with Gasteiger partial charge in [0.05, 0.1) is 11.0 Å². The Morgan fingerprint density at radius 2 is 2.07 bits per heavy atom. The summed E-state index contributed by atoms with van der Waals surface area (Å²) in [7, 11) is 1.84. The van der Waals surface area contributed by atoms with Crippen molar-refractivity contribution in [3.8, 4) is 0 Å². The molecule has 1 aromatic carbocycles. The number of aryl methyl sites for hydroxylation is 2. The molecule has 1 aromatic heterocycles. The summed E-state index contributed by atoms with van der Waals surface area (Å²) in [4.78, 5) is 9.04. The molecule has 0 amide bonds. The standard InChI is InChI=1S/C21H33N5OS/c1-4-28-21(10-14-27-15-11-21)16-24-20(22-3)23-12-7-13-26-17(2)25-18-8-5-6-9-19(18)26/h5-6,8-9H,4,7,10-16H2,1-3H3,(H2,22,23,24). The van der Waals surface area contributed by atoms with E-state index in [1.165, 1.54) is 5.52 Å². The first-order chi connectivity index (χ1) is 13.7. The number of imidazole rings is 1. The summed E-state index contributed by atoms with van der Waals surface area (Å²) in [5.41, 5.74) is 2.28. The second-order valence-corrected chi connectivity index (χ2v) is 8.97. The highest BCUT2D eigenvalue weighted by Crippen LogP contribution is 2.34. The van der Waals surface area contributed by atoms with E-state index in [-0.39, 0.29) is 4.75 Å². The van der Waals surface area contributed by atoms with Crippen molar-refractivity contribution in [2.45, 2.75) is 44.4 Å². The lowest BCUT2D eigenvalue weighted by Gasteiger charge is -2.37. The van der Waals surface area contributed by atoms with Crippen LogP contribution in [0.25, 0.3) is 11.0 Å². The van der Waals surface area contributed by atoms with Gasteiger partial charge in [-0.3, -0.25) is 4.99 Å². The molecule has 2 aromatic rings. The van der Waals surface area contributed by atoms with Gasteiger partial charge in [0.15, 0.2) is 5.96 Å². The lowest BCUT2D eigenvalue weighted by atomic mass is 9.99. The van der Waals surface area contributed by atoms with Gasteiger partial charge >= 0.3 is 0 Å². The second kappa shape index (κ2) is 10.2. The summed E-state index contributed by atoms with van der Waals surface area (Å²) >= 11 is 2.05. The van der Waals surface area contributed by atoms with Gasteiger partial charge in [-0.2, -0.15) is 11.8 Å². The predicted molar refractivity (Wildman–Crippen MR) is 119 cm³/mol. The van der Waals surface area contributed by atoms with Crippen LogP contribution in [-0.4, -0.2) is 59.4 Å². The highest BCUT2D eigenvalue weighted by molar-refractivity contribution is 8.00. The van der Waals surface area contributed by atoms with Crippen LogP contribution in [0.15, 0.2) is 29.3 Å². The number of ether oxygens (including phenoxy) is 1. The van der Waals surface area contributed by atoms with Crippen molar-refractivity contribution >= 4 is 28.8 Å². The molecule has 1 saturated heterocycles. The molecule has 0 saturated carbocycles. The van der Waals surface area contributed by atoms with Gasteiger partial charge in [0.2, 0.25) is 0 Å². The van der Waals surface area contributed by atoms with Crippen molar-refractivity contribution in [3.05, 3.63) is 30.1 Å². The highest BCUT2D eigenvalue weighted by Gasteiger charge is 2.32. The fraction of sp³-hybridized carbons (Fsp3) is 0.619. The van der Waals surface area contributed by atoms with Crippen molar-refractivity contribution in [2.24, 2.45) is 4.99 Å². The molecule has 0 aliphatic carbocycles. The summed E-state index contributed by atoms with van der Waals surface area (Å²) in [6.45, 7) is 8.78. The van der Waals surface area contributed by atoms with Gasteiger partial charge < -0.3 is 19.9 Å². The summed E-state index contributed by atoms with van der Waals surface area (Å²) in [6, 6.07) is 8.33. The van der Waals surface area contributed by atoms with Crippen LogP contribution in [0.5, 0.6) is 0 Å². The fourth-order valence-electron chi connectivity index (χ4n) is 3.81. The molecule has 2 N–H and O–H groups in total. The van der Waals surface area contributed by atoms with Gasteiger partial charge in [-0.05, 0) is 44.1 Å². The first-order valence-electron chi connectivity index (χ1n) is 10.3. The third-order valence-electron chi connectivity index (χ3n) is 5.35. The Morgan fingerprint density at radius 3 is 2.82 bits per heavy atom. The molecule has 7 heteroatoms. The Morgan fingerprint density at radius 1 is 1.29 bits per heavy atom. The van der Waals surface area contributed by atoms with Gasteiger partial charge in [0.1, 0.15) is 5.82 Å². The lowest BCUT2D eigenvalue weighted by Crippen LogP contribution is -2.48. The quantitative estimate of drug-likeness (QED) is 0.403. The third-order valence-corrected chi connectivity index (χ3v) is 6.81. The number of nitrogens with one attached hydrogen (secondary N) is 2. The van der Waals surface area contributed by atoms with Crippen LogP contribution in [0.2, 0.25) is 0 Å². The molecule has 28 heavy (non-hydrogen) atoms. The summed E-state index contributed by atoms with van der Waals surface area (Å²) in [6.07, 6.45) is 3.22. The number of aliphatic imine (C=N–C) groups is 1. The number of fused-ring (bicyclic) bond motifs is 1. The van der Waals surface area contributed by atoms with Gasteiger partial charge in [0.25, 0.3) is 0 Å². The van der Waals surface area contributed by atoms with E-state index in [1.807, 2.05) is 24.9 Å². The van der Waals surface area contributed by atoms with E-state index in [9.17, 15) is 0 Å². The van der Waals surface area contributed by atoms with Crippen LogP contribution >= 0.6 is 11.8 Å². The zero-order chi connectivity index (χ0) is 19.8. The molecule has 1 aliphatic rings. The van der Waals surface area contributed by atoms with E-state index in [1.54, 1.807) is 0 Å². The molecule has 0 spiro atoms. The molecule has 2 heterocycles. The summed E-state index contributed by atoms with van der Waals surface area (Å²) in [5.74, 6) is 3.09. The van der Waals surface area contributed by atoms with Crippen LogP contribution in [0, 0.1) is 6.92 Å². The Kier molecular flexibility index (Phi) is 7.62. The van der Waals surface area contributed by atoms with E-state index in [0.717, 1.165) is 75.2 Å². The molecule has 3 rings (SSSR count). The first kappa shape index (κ1) is 21.0. The van der Waals surface area contributed by atoms with Crippen LogP contribution in [0.1, 0.15) is 32.0 Å². The summed E-state index contributed by atoms with van der Waals surface area (Å²) < 4.78 is 8.12. The van der Waals surface area contributed by atoms with Gasteiger partial charge in [0, 0.05) is 44.6 Å². The molecule has 0 unspecified atom stereocenters. The Hall–Kier alpha value is -1.73. The predicted octanol–water partition coefficient (Wildman–Crippen LogP) is 3.20. The van der Waals surface area contributed by atoms with E-state index >= 15 is 0 Å². The van der Waals surface area contributed by atoms with Gasteiger partial charge in [-0.15, -0.1) is 0 Å². The van der Waals surface area contributed by atoms with Crippen LogP contribution in [-0.2, 0) is 11.3 Å². The van der Waals surface area contributed by atoms with E-state index < -0.39 is 0 Å². The Labute approximate surface area is 172 Å². The second-order valence-electron chi connectivity index (χ2n) is 7.23. The molecule has 0 radical (unpaired) electrons. The minimum absolute atomic E-state index is 0.261. The number of hydrogen-bond acceptors (Lipinski definition) is 4. The SMILES string of the molecule is CCSC1(CNC(=NC)NCCCn2c(C)nc3ccccc32)CCOCC1. The Bertz CT molecular complexity index is 777. The molecule has 1 aliphatic heterocycles. The van der Waals surface area contributed by atoms with E-state index in [2.05, 4.69) is 57.2 Å². The molecular formula is C21H33N5OS. The maximum Gasteiger partial charge on any atom is 0.191 e. The minimum Gasteiger partial charge on any atom is -0.381 e. The topological polar surface area (TPSA) is 63.5 Å². The van der Waals surface area contributed by atoms with E-state index in [4.69, 9.17) is 4.74 Å². The van der Waals surface area contributed by atoms with Crippen molar-refractivity contribution in [2.75, 3.05) is 39.1 Å². The number of para-hydroxylation sites is 2. The molecular weight excluding hydrogens is 370 g/mol. The fourth-order valence-corrected chi connectivity index (χ4v) is 5.05. The number of thioether (sulfide) groups is 1. The maximum absolute atomic E-state index is 5.56. The number of benzene rings is 1. The normalized spacial score (nSPS) is 17.0. The number of aromatic nitrogens is 2. The monoisotopic (exact) mass is 403 g/mol. The number of hydrogen-bond donors (Lipinski definition) is 2. The molecule has 1 fully saturated rings. The number of nitrogens with zero attached hydrogens (tertiary/aromatic N) is 3. The largest absolute Gasteiger partial charge is 0.381 e. The van der Waals surface area contributed by atoms with Gasteiger partial charge in [-0.25, -0.2) is 4.98 Å². The molecule has 6 nitrogen and oxygen atoms in total. The van der Waals surface area contributed by atoms with Crippen LogP contribution in [0.3, 0.4) is 0 Å². The first-order valence-corrected chi connectivity index (χ1v) is 11.2. The maximum atomic E-state index is 5.56. The Balaban J connectivity index is 1.47. The van der Waals surface area contributed by atoms with Crippen LogP contribution in [0.4, 0.5) is 0 Å². The number of guanidine groups is 1. The average molecular weight is 404 g/mol.